The Morgan fingerprint density at radius 1 is 1.78 bits per heavy atom. The van der Waals surface area contributed by atoms with Gasteiger partial charge < -0.3 is 15.2 Å². The Balaban J connectivity index is 3.73. The van der Waals surface area contributed by atoms with E-state index in [-0.39, 0.29) is 0 Å². The Morgan fingerprint density at radius 2 is 2.22 bits per heavy atom. The summed E-state index contributed by atoms with van der Waals surface area (Å²) in [4.78, 5) is 8.90. The minimum Gasteiger partial charge on any atom is -0.324 e. The van der Waals surface area contributed by atoms with Crippen molar-refractivity contribution in [1.29, 1.82) is 0 Å². The Morgan fingerprint density at radius 3 is 2.33 bits per heavy atom. The first-order chi connectivity index (χ1) is 3.98. The van der Waals surface area contributed by atoms with Crippen LogP contribution < -0.4 is 5.73 Å². The molecule has 0 rings (SSSR count). The molecule has 0 fully saturated rings. The summed E-state index contributed by atoms with van der Waals surface area (Å²) in [6.07, 6.45) is -0.583. The van der Waals surface area contributed by atoms with Gasteiger partial charge >= 0.3 is 6.72 Å². The zero-order valence-corrected chi connectivity index (χ0v) is 6.98. The van der Waals surface area contributed by atoms with Crippen LogP contribution in [0.1, 0.15) is 6.92 Å². The molecule has 3 N–H and O–H groups in total. The van der Waals surface area contributed by atoms with Gasteiger partial charge in [-0.25, -0.2) is 0 Å². The summed E-state index contributed by atoms with van der Waals surface area (Å²) in [7, 11) is 1.28. The van der Waals surface area contributed by atoms with Crippen LogP contribution in [0.2, 0.25) is 0 Å². The SMILES string of the molecule is COP(O)(=S)OC(C)N. The molecule has 0 aliphatic rings. The van der Waals surface area contributed by atoms with E-state index in [4.69, 9.17) is 10.6 Å². The van der Waals surface area contributed by atoms with Crippen LogP contribution in [0.5, 0.6) is 0 Å². The summed E-state index contributed by atoms with van der Waals surface area (Å²) >= 11 is 4.46. The summed E-state index contributed by atoms with van der Waals surface area (Å²) < 4.78 is 9.05. The molecule has 56 valence electrons. The zero-order valence-electron chi connectivity index (χ0n) is 5.27. The molecule has 0 aromatic heterocycles. The van der Waals surface area contributed by atoms with Crippen LogP contribution in [0.15, 0.2) is 0 Å². The Hall–Kier alpha value is 0.490. The molecule has 0 aromatic rings. The number of hydrogen-bond donors (Lipinski definition) is 2. The van der Waals surface area contributed by atoms with Crippen LogP contribution in [0.3, 0.4) is 0 Å². The fraction of sp³-hybridized carbons (Fsp3) is 1.00. The molecule has 0 radical (unpaired) electrons. The highest BCUT2D eigenvalue weighted by atomic mass is 32.5. The molecule has 0 saturated carbocycles. The lowest BCUT2D eigenvalue weighted by atomic mass is 10.7. The quantitative estimate of drug-likeness (QED) is 0.468. The molecule has 0 aromatic carbocycles. The fourth-order valence-electron chi connectivity index (χ4n) is 0.253. The third kappa shape index (κ3) is 4.96. The van der Waals surface area contributed by atoms with E-state index in [2.05, 4.69) is 20.9 Å². The van der Waals surface area contributed by atoms with Crippen molar-refractivity contribution in [3.63, 3.8) is 0 Å². The molecule has 0 heterocycles. The van der Waals surface area contributed by atoms with Crippen molar-refractivity contribution in [3.8, 4) is 0 Å². The van der Waals surface area contributed by atoms with E-state index in [0.717, 1.165) is 0 Å². The maximum absolute atomic E-state index is 8.90. The van der Waals surface area contributed by atoms with Crippen LogP contribution in [0.25, 0.3) is 0 Å². The van der Waals surface area contributed by atoms with Crippen LogP contribution in [0, 0.1) is 0 Å². The molecule has 0 bridgehead atoms. The van der Waals surface area contributed by atoms with Crippen molar-refractivity contribution >= 4 is 18.5 Å². The summed E-state index contributed by atoms with van der Waals surface area (Å²) in [5.41, 5.74) is 5.15. The largest absolute Gasteiger partial charge is 0.325 e. The Kier molecular flexibility index (Phi) is 3.80. The van der Waals surface area contributed by atoms with Crippen molar-refractivity contribution in [2.75, 3.05) is 7.11 Å². The number of nitrogens with two attached hydrogens (primary N) is 1. The highest BCUT2D eigenvalue weighted by Crippen LogP contribution is 2.42. The lowest BCUT2D eigenvalue weighted by molar-refractivity contribution is 0.173. The molecule has 0 aliphatic heterocycles. The Bertz CT molecular complexity index is 128. The van der Waals surface area contributed by atoms with E-state index in [1.807, 2.05) is 0 Å². The fourth-order valence-corrected chi connectivity index (χ4v) is 1.17. The van der Waals surface area contributed by atoms with Gasteiger partial charge in [-0.15, -0.1) is 0 Å². The molecule has 0 amide bonds. The van der Waals surface area contributed by atoms with Crippen molar-refractivity contribution in [2.45, 2.75) is 13.2 Å². The molecule has 4 nitrogen and oxygen atoms in total. The third-order valence-electron chi connectivity index (χ3n) is 0.530. The van der Waals surface area contributed by atoms with Crippen LogP contribution in [-0.2, 0) is 20.9 Å². The first kappa shape index (κ1) is 9.49. The van der Waals surface area contributed by atoms with E-state index >= 15 is 0 Å². The zero-order chi connectivity index (χ0) is 7.49. The first-order valence-electron chi connectivity index (χ1n) is 2.30. The highest BCUT2D eigenvalue weighted by molar-refractivity contribution is 8.07. The number of rotatable bonds is 3. The van der Waals surface area contributed by atoms with Gasteiger partial charge in [0.2, 0.25) is 0 Å². The summed E-state index contributed by atoms with van der Waals surface area (Å²) in [5, 5.41) is 0. The van der Waals surface area contributed by atoms with Gasteiger partial charge in [0.25, 0.3) is 0 Å². The smallest absolute Gasteiger partial charge is 0.324 e. The molecule has 2 atom stereocenters. The van der Waals surface area contributed by atoms with Gasteiger partial charge in [-0.1, -0.05) is 0 Å². The summed E-state index contributed by atoms with van der Waals surface area (Å²) in [5.74, 6) is 0. The van der Waals surface area contributed by atoms with E-state index < -0.39 is 12.9 Å². The molecular formula is C3H10NO3PS. The van der Waals surface area contributed by atoms with E-state index in [0.29, 0.717) is 0 Å². The highest BCUT2D eigenvalue weighted by Gasteiger charge is 2.13. The van der Waals surface area contributed by atoms with E-state index in [1.54, 1.807) is 6.92 Å². The monoisotopic (exact) mass is 171 g/mol. The molecule has 2 unspecified atom stereocenters. The predicted octanol–water partition coefficient (Wildman–Crippen LogP) is 0.171. The van der Waals surface area contributed by atoms with E-state index in [9.17, 15) is 0 Å². The average Bonchev–Trinajstić information content (AvgIpc) is 1.63. The van der Waals surface area contributed by atoms with Gasteiger partial charge in [-0.2, -0.15) is 0 Å². The summed E-state index contributed by atoms with van der Waals surface area (Å²) in [6, 6.07) is 0. The van der Waals surface area contributed by atoms with Crippen LogP contribution in [-0.4, -0.2) is 18.2 Å². The summed E-state index contributed by atoms with van der Waals surface area (Å²) in [6.45, 7) is -1.46. The molecule has 0 aliphatic carbocycles. The van der Waals surface area contributed by atoms with Crippen LogP contribution >= 0.6 is 6.72 Å². The van der Waals surface area contributed by atoms with E-state index in [1.165, 1.54) is 7.11 Å². The van der Waals surface area contributed by atoms with Crippen molar-refractivity contribution in [2.24, 2.45) is 5.73 Å². The second kappa shape index (κ2) is 3.61. The minimum atomic E-state index is -3.02. The topological polar surface area (TPSA) is 64.7 Å². The molecule has 0 saturated heterocycles. The van der Waals surface area contributed by atoms with Gasteiger partial charge in [-0.05, 0) is 18.7 Å². The lowest BCUT2D eigenvalue weighted by Crippen LogP contribution is -2.17. The molecular weight excluding hydrogens is 161 g/mol. The van der Waals surface area contributed by atoms with Gasteiger partial charge in [0.1, 0.15) is 6.23 Å². The standard InChI is InChI=1S/C3H10NO3PS/c1-3(4)7-8(5,9)6-2/h3H,4H2,1-2H3,(H,5,9). The molecule has 0 spiro atoms. The average molecular weight is 171 g/mol. The molecule has 6 heteroatoms. The number of hydrogen-bond acceptors (Lipinski definition) is 4. The van der Waals surface area contributed by atoms with Crippen LogP contribution in [0.4, 0.5) is 0 Å². The Labute approximate surface area is 59.2 Å². The third-order valence-corrected chi connectivity index (χ3v) is 2.30. The predicted molar refractivity (Wildman–Crippen MR) is 38.2 cm³/mol. The van der Waals surface area contributed by atoms with Crippen molar-refractivity contribution < 1.29 is 13.9 Å². The van der Waals surface area contributed by atoms with Gasteiger partial charge in [0, 0.05) is 7.11 Å². The van der Waals surface area contributed by atoms with Gasteiger partial charge in [0.05, 0.1) is 0 Å². The second-order valence-electron chi connectivity index (χ2n) is 1.46. The first-order valence-corrected chi connectivity index (χ1v) is 4.89. The molecule has 9 heavy (non-hydrogen) atoms. The maximum atomic E-state index is 8.90. The van der Waals surface area contributed by atoms with Gasteiger partial charge in [-0.3, -0.25) is 4.52 Å². The normalized spacial score (nSPS) is 20.9. The van der Waals surface area contributed by atoms with Crippen molar-refractivity contribution in [3.05, 3.63) is 0 Å². The van der Waals surface area contributed by atoms with Crippen molar-refractivity contribution in [1.82, 2.24) is 0 Å². The minimum absolute atomic E-state index is 0.583. The van der Waals surface area contributed by atoms with Gasteiger partial charge in [0.15, 0.2) is 0 Å². The maximum Gasteiger partial charge on any atom is 0.325 e. The lowest BCUT2D eigenvalue weighted by Gasteiger charge is -2.14. The second-order valence-corrected chi connectivity index (χ2v) is 4.36.